The van der Waals surface area contributed by atoms with Crippen molar-refractivity contribution in [1.82, 2.24) is 9.97 Å². The van der Waals surface area contributed by atoms with Crippen LogP contribution < -0.4 is 10.6 Å². The van der Waals surface area contributed by atoms with Gasteiger partial charge < -0.3 is 10.6 Å². The number of aryl methyl sites for hydroxylation is 2. The highest BCUT2D eigenvalue weighted by molar-refractivity contribution is 5.94. The van der Waals surface area contributed by atoms with E-state index in [2.05, 4.69) is 51.8 Å². The summed E-state index contributed by atoms with van der Waals surface area (Å²) in [4.78, 5) is 20.3. The van der Waals surface area contributed by atoms with Gasteiger partial charge in [-0.25, -0.2) is 4.98 Å². The molecular formula is C21H22N4O. The van der Waals surface area contributed by atoms with Gasteiger partial charge in [0, 0.05) is 29.6 Å². The smallest absolute Gasteiger partial charge is 0.229 e. The summed E-state index contributed by atoms with van der Waals surface area (Å²) in [6, 6.07) is 17.6. The summed E-state index contributed by atoms with van der Waals surface area (Å²) in [6.07, 6.45) is 0. The van der Waals surface area contributed by atoms with Crippen molar-refractivity contribution in [3.8, 4) is 0 Å². The monoisotopic (exact) mass is 346 g/mol. The molecule has 26 heavy (non-hydrogen) atoms. The Kier molecular flexibility index (Phi) is 5.27. The van der Waals surface area contributed by atoms with E-state index in [-0.39, 0.29) is 5.78 Å². The quantitative estimate of drug-likeness (QED) is 0.636. The SMILES string of the molecule is CC(=O)c1ccc(Nc2nc(C)cc(NCc3cccc(C)c3)n2)cc1. The van der Waals surface area contributed by atoms with Crippen LogP contribution in [0.5, 0.6) is 0 Å². The molecule has 1 heterocycles. The van der Waals surface area contributed by atoms with Gasteiger partial charge in [0.1, 0.15) is 5.82 Å². The normalized spacial score (nSPS) is 10.4. The van der Waals surface area contributed by atoms with Crippen molar-refractivity contribution in [1.29, 1.82) is 0 Å². The minimum atomic E-state index is 0.0472. The molecule has 1 aromatic heterocycles. The summed E-state index contributed by atoms with van der Waals surface area (Å²) in [5.41, 5.74) is 4.83. The fourth-order valence-corrected chi connectivity index (χ4v) is 2.65. The van der Waals surface area contributed by atoms with Crippen LogP contribution in [0.4, 0.5) is 17.5 Å². The highest BCUT2D eigenvalue weighted by atomic mass is 16.1. The zero-order chi connectivity index (χ0) is 18.5. The van der Waals surface area contributed by atoms with E-state index in [1.807, 2.05) is 25.1 Å². The first-order valence-corrected chi connectivity index (χ1v) is 8.53. The van der Waals surface area contributed by atoms with Gasteiger partial charge in [-0.05, 0) is 50.6 Å². The number of hydrogen-bond acceptors (Lipinski definition) is 5. The van der Waals surface area contributed by atoms with Crippen molar-refractivity contribution in [2.75, 3.05) is 10.6 Å². The minimum absolute atomic E-state index is 0.0472. The minimum Gasteiger partial charge on any atom is -0.366 e. The topological polar surface area (TPSA) is 66.9 Å². The third-order valence-electron chi connectivity index (χ3n) is 3.96. The lowest BCUT2D eigenvalue weighted by Gasteiger charge is -2.10. The Morgan fingerprint density at radius 3 is 2.46 bits per heavy atom. The van der Waals surface area contributed by atoms with Crippen molar-refractivity contribution in [3.05, 3.63) is 77.0 Å². The van der Waals surface area contributed by atoms with Crippen molar-refractivity contribution in [2.24, 2.45) is 0 Å². The lowest BCUT2D eigenvalue weighted by Crippen LogP contribution is -2.06. The molecule has 2 aromatic carbocycles. The molecule has 0 spiro atoms. The van der Waals surface area contributed by atoms with E-state index in [4.69, 9.17) is 0 Å². The number of hydrogen-bond donors (Lipinski definition) is 2. The van der Waals surface area contributed by atoms with Crippen LogP contribution in [0.25, 0.3) is 0 Å². The van der Waals surface area contributed by atoms with Crippen LogP contribution in [-0.4, -0.2) is 15.8 Å². The van der Waals surface area contributed by atoms with Gasteiger partial charge in [-0.15, -0.1) is 0 Å². The Morgan fingerprint density at radius 1 is 1.00 bits per heavy atom. The van der Waals surface area contributed by atoms with Gasteiger partial charge >= 0.3 is 0 Å². The number of benzene rings is 2. The number of ketones is 1. The van der Waals surface area contributed by atoms with Gasteiger partial charge in [0.05, 0.1) is 0 Å². The first-order valence-electron chi connectivity index (χ1n) is 8.53. The predicted octanol–water partition coefficient (Wildman–Crippen LogP) is 4.65. The average molecular weight is 346 g/mol. The Balaban J connectivity index is 1.71. The maximum atomic E-state index is 11.4. The van der Waals surface area contributed by atoms with E-state index in [1.54, 1.807) is 19.1 Å². The maximum Gasteiger partial charge on any atom is 0.229 e. The number of aromatic nitrogens is 2. The Morgan fingerprint density at radius 2 is 1.77 bits per heavy atom. The molecule has 0 atom stereocenters. The highest BCUT2D eigenvalue weighted by Crippen LogP contribution is 2.17. The Labute approximate surface area is 153 Å². The summed E-state index contributed by atoms with van der Waals surface area (Å²) in [5, 5.41) is 6.53. The highest BCUT2D eigenvalue weighted by Gasteiger charge is 2.04. The molecule has 0 aliphatic rings. The molecule has 2 N–H and O–H groups in total. The number of carbonyl (C=O) groups excluding carboxylic acids is 1. The number of anilines is 3. The first-order chi connectivity index (χ1) is 12.5. The van der Waals surface area contributed by atoms with Gasteiger partial charge in [0.15, 0.2) is 5.78 Å². The first kappa shape index (κ1) is 17.6. The summed E-state index contributed by atoms with van der Waals surface area (Å²) in [7, 11) is 0. The molecule has 0 saturated carbocycles. The van der Waals surface area contributed by atoms with Crippen LogP contribution in [0.1, 0.15) is 34.1 Å². The molecule has 132 valence electrons. The Hall–Kier alpha value is -3.21. The fourth-order valence-electron chi connectivity index (χ4n) is 2.65. The van der Waals surface area contributed by atoms with E-state index in [9.17, 15) is 4.79 Å². The molecule has 3 rings (SSSR count). The molecule has 0 bridgehead atoms. The van der Waals surface area contributed by atoms with Gasteiger partial charge in [-0.2, -0.15) is 4.98 Å². The predicted molar refractivity (Wildman–Crippen MR) is 105 cm³/mol. The van der Waals surface area contributed by atoms with Crippen molar-refractivity contribution >= 4 is 23.2 Å². The Bertz CT molecular complexity index is 920. The zero-order valence-electron chi connectivity index (χ0n) is 15.2. The molecule has 0 fully saturated rings. The number of nitrogens with zero attached hydrogens (tertiary/aromatic N) is 2. The van der Waals surface area contributed by atoms with Crippen LogP contribution in [0, 0.1) is 13.8 Å². The third-order valence-corrected chi connectivity index (χ3v) is 3.96. The number of nitrogens with one attached hydrogen (secondary N) is 2. The summed E-state index contributed by atoms with van der Waals surface area (Å²) in [6.45, 7) is 6.27. The molecule has 3 aromatic rings. The summed E-state index contributed by atoms with van der Waals surface area (Å²) >= 11 is 0. The van der Waals surface area contributed by atoms with E-state index >= 15 is 0 Å². The lowest BCUT2D eigenvalue weighted by atomic mass is 10.1. The van der Waals surface area contributed by atoms with Gasteiger partial charge in [-0.3, -0.25) is 4.79 Å². The second-order valence-corrected chi connectivity index (χ2v) is 6.32. The molecule has 5 heteroatoms. The molecule has 0 unspecified atom stereocenters. The average Bonchev–Trinajstić information content (AvgIpc) is 2.60. The van der Waals surface area contributed by atoms with E-state index < -0.39 is 0 Å². The van der Waals surface area contributed by atoms with Crippen molar-refractivity contribution in [3.63, 3.8) is 0 Å². The molecule has 0 radical (unpaired) electrons. The van der Waals surface area contributed by atoms with Crippen LogP contribution in [0.3, 0.4) is 0 Å². The van der Waals surface area contributed by atoms with Crippen LogP contribution in [-0.2, 0) is 6.54 Å². The van der Waals surface area contributed by atoms with Crippen LogP contribution in [0.15, 0.2) is 54.6 Å². The fraction of sp³-hybridized carbons (Fsp3) is 0.190. The van der Waals surface area contributed by atoms with E-state index in [0.717, 1.165) is 17.2 Å². The molecule has 0 amide bonds. The molecule has 5 nitrogen and oxygen atoms in total. The molecule has 0 aliphatic heterocycles. The second kappa shape index (κ2) is 7.78. The van der Waals surface area contributed by atoms with Crippen LogP contribution in [0.2, 0.25) is 0 Å². The van der Waals surface area contributed by atoms with Crippen molar-refractivity contribution in [2.45, 2.75) is 27.3 Å². The summed E-state index contributed by atoms with van der Waals surface area (Å²) in [5.74, 6) is 1.33. The van der Waals surface area contributed by atoms with Gasteiger partial charge in [-0.1, -0.05) is 29.8 Å². The standard InChI is InChI=1S/C21H22N4O/c1-14-5-4-6-17(11-14)13-22-20-12-15(2)23-21(25-20)24-19-9-7-18(8-10-19)16(3)26/h4-12H,13H2,1-3H3,(H2,22,23,24,25). The number of rotatable bonds is 6. The zero-order valence-corrected chi connectivity index (χ0v) is 15.2. The second-order valence-electron chi connectivity index (χ2n) is 6.32. The summed E-state index contributed by atoms with van der Waals surface area (Å²) < 4.78 is 0. The van der Waals surface area contributed by atoms with Crippen molar-refractivity contribution < 1.29 is 4.79 Å². The number of Topliss-reactive ketones (excluding diaryl/α,β-unsaturated/α-hetero) is 1. The molecule has 0 saturated heterocycles. The third kappa shape index (κ3) is 4.66. The van der Waals surface area contributed by atoms with E-state index in [1.165, 1.54) is 11.1 Å². The van der Waals surface area contributed by atoms with E-state index in [0.29, 0.717) is 18.1 Å². The molecular weight excluding hydrogens is 324 g/mol. The largest absolute Gasteiger partial charge is 0.366 e. The molecule has 0 aliphatic carbocycles. The number of carbonyl (C=O) groups is 1. The lowest BCUT2D eigenvalue weighted by molar-refractivity contribution is 0.101. The van der Waals surface area contributed by atoms with Gasteiger partial charge in [0.25, 0.3) is 0 Å². The van der Waals surface area contributed by atoms with Crippen LogP contribution >= 0.6 is 0 Å². The maximum absolute atomic E-state index is 11.4. The van der Waals surface area contributed by atoms with Gasteiger partial charge in [0.2, 0.25) is 5.95 Å².